The van der Waals surface area contributed by atoms with Crippen molar-refractivity contribution in [2.24, 2.45) is 5.92 Å². The third kappa shape index (κ3) is 4.73. The molecule has 3 nitrogen and oxygen atoms in total. The van der Waals surface area contributed by atoms with Crippen molar-refractivity contribution < 1.29 is 9.18 Å². The minimum absolute atomic E-state index is 0.0841. The fourth-order valence-electron chi connectivity index (χ4n) is 4.35. The zero-order valence-corrected chi connectivity index (χ0v) is 19.1. The number of hydrogen-bond donors (Lipinski definition) is 1. The summed E-state index contributed by atoms with van der Waals surface area (Å²) in [4.78, 5) is 16.6. The van der Waals surface area contributed by atoms with Crippen LogP contribution in [0, 0.1) is 25.6 Å². The van der Waals surface area contributed by atoms with Crippen molar-refractivity contribution in [2.45, 2.75) is 39.7 Å². The van der Waals surface area contributed by atoms with Crippen LogP contribution in [0.5, 0.6) is 0 Å². The number of halogens is 1. The number of amides is 1. The van der Waals surface area contributed by atoms with Crippen molar-refractivity contribution in [3.05, 3.63) is 87.5 Å². The van der Waals surface area contributed by atoms with E-state index in [2.05, 4.69) is 31.0 Å². The first-order valence-corrected chi connectivity index (χ1v) is 11.7. The summed E-state index contributed by atoms with van der Waals surface area (Å²) >= 11 is 1.60. The fraction of sp³-hybridized carbons (Fsp3) is 0.346. The normalized spacial score (nSPS) is 16.3. The molecule has 0 aliphatic carbocycles. The molecule has 1 aliphatic rings. The molecule has 0 spiro atoms. The van der Waals surface area contributed by atoms with E-state index in [1.54, 1.807) is 23.5 Å². The molecule has 1 aliphatic heterocycles. The third-order valence-electron chi connectivity index (χ3n) is 6.32. The first-order valence-electron chi connectivity index (χ1n) is 10.9. The number of thiophene rings is 1. The number of carbonyl (C=O) groups is 1. The lowest BCUT2D eigenvalue weighted by Gasteiger charge is -2.37. The van der Waals surface area contributed by atoms with Crippen molar-refractivity contribution in [2.75, 3.05) is 18.4 Å². The fourth-order valence-corrected chi connectivity index (χ4v) is 5.44. The number of hydrogen-bond acceptors (Lipinski definition) is 3. The van der Waals surface area contributed by atoms with Crippen LogP contribution in [0.15, 0.2) is 54.6 Å². The van der Waals surface area contributed by atoms with E-state index in [0.717, 1.165) is 42.1 Å². The first kappa shape index (κ1) is 21.7. The summed E-state index contributed by atoms with van der Waals surface area (Å²) in [6.07, 6.45) is 2.25. The number of rotatable bonds is 5. The molecule has 3 aromatic rings. The largest absolute Gasteiger partial charge is 0.313 e. The van der Waals surface area contributed by atoms with Crippen LogP contribution in [0.2, 0.25) is 0 Å². The number of anilines is 1. The predicted molar refractivity (Wildman–Crippen MR) is 126 cm³/mol. The molecule has 162 valence electrons. The highest BCUT2D eigenvalue weighted by atomic mass is 32.1. The van der Waals surface area contributed by atoms with Gasteiger partial charge in [-0.25, -0.2) is 4.39 Å². The van der Waals surface area contributed by atoms with Gasteiger partial charge in [0, 0.05) is 16.0 Å². The number of nitrogens with one attached hydrogen (secondary N) is 1. The Labute approximate surface area is 187 Å². The van der Waals surface area contributed by atoms with Gasteiger partial charge in [0.15, 0.2) is 0 Å². The summed E-state index contributed by atoms with van der Waals surface area (Å²) in [5.74, 6) is 0.354. The molecule has 1 fully saturated rings. The minimum Gasteiger partial charge on any atom is -0.313 e. The second-order valence-corrected chi connectivity index (χ2v) is 9.75. The molecule has 1 saturated heterocycles. The lowest BCUT2D eigenvalue weighted by molar-refractivity contribution is 0.102. The number of piperidine rings is 1. The molecule has 31 heavy (non-hydrogen) atoms. The van der Waals surface area contributed by atoms with Crippen LogP contribution in [0.1, 0.15) is 57.7 Å². The summed E-state index contributed by atoms with van der Waals surface area (Å²) in [5, 5.41) is 4.02. The molecular weight excluding hydrogens is 407 g/mol. The van der Waals surface area contributed by atoms with Gasteiger partial charge in [-0.15, -0.1) is 11.3 Å². The maximum atomic E-state index is 14.2. The molecule has 0 unspecified atom stereocenters. The van der Waals surface area contributed by atoms with Crippen molar-refractivity contribution in [3.8, 4) is 0 Å². The van der Waals surface area contributed by atoms with E-state index in [1.807, 2.05) is 36.4 Å². The first-order chi connectivity index (χ1) is 14.9. The molecular formula is C26H29FN2OS. The summed E-state index contributed by atoms with van der Waals surface area (Å²) in [7, 11) is 0. The Balaban J connectivity index is 1.76. The summed E-state index contributed by atoms with van der Waals surface area (Å²) in [6, 6.07) is 16.1. The molecule has 0 saturated carbocycles. The molecule has 2 heterocycles. The van der Waals surface area contributed by atoms with Crippen LogP contribution in [0.3, 0.4) is 0 Å². The van der Waals surface area contributed by atoms with Crippen LogP contribution in [0.4, 0.5) is 9.39 Å². The standard InChI is InChI=1S/C26H29FN2OS/c1-17-12-14-29(15-13-17)24(21-10-7-11-22(27)16-21)23-18(2)19(3)31-26(23)28-25(30)20-8-5-4-6-9-20/h4-11,16-17,24H,12-15H2,1-3H3,(H,28,30)/t24-/m0/s1. The predicted octanol–water partition coefficient (Wildman–Crippen LogP) is 6.58. The number of carbonyl (C=O) groups excluding carboxylic acids is 1. The van der Waals surface area contributed by atoms with Gasteiger partial charge >= 0.3 is 0 Å². The average Bonchev–Trinajstić information content (AvgIpc) is 3.04. The maximum absolute atomic E-state index is 14.2. The van der Waals surface area contributed by atoms with Gasteiger partial charge in [0.05, 0.1) is 6.04 Å². The Bertz CT molecular complexity index is 1050. The van der Waals surface area contributed by atoms with Gasteiger partial charge in [-0.05, 0) is 81.1 Å². The van der Waals surface area contributed by atoms with Gasteiger partial charge in [-0.3, -0.25) is 9.69 Å². The molecule has 4 rings (SSSR count). The van der Waals surface area contributed by atoms with E-state index in [4.69, 9.17) is 0 Å². The van der Waals surface area contributed by atoms with Crippen LogP contribution in [-0.4, -0.2) is 23.9 Å². The van der Waals surface area contributed by atoms with Gasteiger partial charge in [-0.2, -0.15) is 0 Å². The Hall–Kier alpha value is -2.50. The maximum Gasteiger partial charge on any atom is 0.256 e. The van der Waals surface area contributed by atoms with Crippen molar-refractivity contribution >= 4 is 22.2 Å². The van der Waals surface area contributed by atoms with Gasteiger partial charge in [0.2, 0.25) is 0 Å². The highest BCUT2D eigenvalue weighted by Gasteiger charge is 2.31. The third-order valence-corrected chi connectivity index (χ3v) is 7.45. The monoisotopic (exact) mass is 436 g/mol. The topological polar surface area (TPSA) is 32.3 Å². The van der Waals surface area contributed by atoms with Gasteiger partial charge < -0.3 is 5.32 Å². The molecule has 1 atom stereocenters. The van der Waals surface area contributed by atoms with E-state index in [1.165, 1.54) is 16.5 Å². The number of nitrogens with zero attached hydrogens (tertiary/aromatic N) is 1. The number of aryl methyl sites for hydroxylation is 1. The molecule has 0 bridgehead atoms. The Morgan fingerprint density at radius 1 is 1.10 bits per heavy atom. The SMILES string of the molecule is Cc1sc(NC(=O)c2ccccc2)c([C@H](c2cccc(F)c2)N2CCC(C)CC2)c1C. The quantitative estimate of drug-likeness (QED) is 0.490. The van der Waals surface area contributed by atoms with Crippen LogP contribution >= 0.6 is 11.3 Å². The van der Waals surface area contributed by atoms with E-state index >= 15 is 0 Å². The summed E-state index contributed by atoms with van der Waals surface area (Å²) < 4.78 is 14.2. The highest BCUT2D eigenvalue weighted by molar-refractivity contribution is 7.16. The molecule has 1 amide bonds. The van der Waals surface area contributed by atoms with E-state index in [-0.39, 0.29) is 17.8 Å². The van der Waals surface area contributed by atoms with Gasteiger partial charge in [0.25, 0.3) is 5.91 Å². The van der Waals surface area contributed by atoms with Crippen molar-refractivity contribution in [1.29, 1.82) is 0 Å². The Kier molecular flexibility index (Phi) is 6.54. The lowest BCUT2D eigenvalue weighted by atomic mass is 9.91. The Morgan fingerprint density at radius 2 is 1.81 bits per heavy atom. The summed E-state index contributed by atoms with van der Waals surface area (Å²) in [6.45, 7) is 8.41. The van der Waals surface area contributed by atoms with E-state index in [9.17, 15) is 9.18 Å². The van der Waals surface area contributed by atoms with Crippen LogP contribution < -0.4 is 5.32 Å². The van der Waals surface area contributed by atoms with Crippen LogP contribution in [-0.2, 0) is 0 Å². The Morgan fingerprint density at radius 3 is 2.48 bits per heavy atom. The van der Waals surface area contributed by atoms with E-state index in [0.29, 0.717) is 11.5 Å². The molecule has 1 N–H and O–H groups in total. The average molecular weight is 437 g/mol. The zero-order chi connectivity index (χ0) is 22.0. The highest BCUT2D eigenvalue weighted by Crippen LogP contribution is 2.43. The molecule has 0 radical (unpaired) electrons. The van der Waals surface area contributed by atoms with Gasteiger partial charge in [0.1, 0.15) is 10.8 Å². The summed E-state index contributed by atoms with van der Waals surface area (Å²) in [5.41, 5.74) is 3.82. The van der Waals surface area contributed by atoms with Crippen molar-refractivity contribution in [1.82, 2.24) is 4.90 Å². The minimum atomic E-state index is -0.229. The van der Waals surface area contributed by atoms with Gasteiger partial charge in [-0.1, -0.05) is 37.3 Å². The van der Waals surface area contributed by atoms with E-state index < -0.39 is 0 Å². The molecule has 1 aromatic heterocycles. The number of benzene rings is 2. The number of likely N-dealkylation sites (tertiary alicyclic amines) is 1. The van der Waals surface area contributed by atoms with Crippen LogP contribution in [0.25, 0.3) is 0 Å². The zero-order valence-electron chi connectivity index (χ0n) is 18.3. The molecule has 5 heteroatoms. The lowest BCUT2D eigenvalue weighted by Crippen LogP contribution is -2.37. The molecule has 2 aromatic carbocycles. The smallest absolute Gasteiger partial charge is 0.256 e. The van der Waals surface area contributed by atoms with Crippen molar-refractivity contribution in [3.63, 3.8) is 0 Å². The second-order valence-electron chi connectivity index (χ2n) is 8.52. The second kappa shape index (κ2) is 9.33.